The number of hydrogen-bond donors (Lipinski definition) is 1. The van der Waals surface area contributed by atoms with Crippen molar-refractivity contribution in [3.05, 3.63) is 35.1 Å². The van der Waals surface area contributed by atoms with Crippen LogP contribution in [0.1, 0.15) is 31.4 Å². The molecule has 0 aromatic heterocycles. The fourth-order valence-electron chi connectivity index (χ4n) is 1.31. The van der Waals surface area contributed by atoms with Crippen LogP contribution in [-0.4, -0.2) is 0 Å². The minimum Gasteiger partial charge on any atom is -0.324 e. The van der Waals surface area contributed by atoms with Crippen LogP contribution in [0.3, 0.4) is 0 Å². The summed E-state index contributed by atoms with van der Waals surface area (Å²) in [6.07, 6.45) is 1.02. The molecule has 0 saturated heterocycles. The van der Waals surface area contributed by atoms with Gasteiger partial charge in [-0.1, -0.05) is 0 Å². The van der Waals surface area contributed by atoms with Crippen molar-refractivity contribution in [2.24, 2.45) is 5.73 Å². The molecule has 1 atom stereocenters. The summed E-state index contributed by atoms with van der Waals surface area (Å²) in [7, 11) is 0. The van der Waals surface area contributed by atoms with Gasteiger partial charge in [-0.3, -0.25) is 0 Å². The second kappa shape index (κ2) is 5.57. The molecule has 1 aromatic carbocycles. The fraction of sp³-hybridized carbons (Fsp3) is 0.333. The van der Waals surface area contributed by atoms with Gasteiger partial charge in [-0.25, -0.2) is 13.2 Å². The van der Waals surface area contributed by atoms with Crippen LogP contribution in [0.2, 0.25) is 0 Å². The molecule has 86 valence electrons. The fourth-order valence-corrected chi connectivity index (χ4v) is 1.31. The molecule has 0 spiro atoms. The van der Waals surface area contributed by atoms with E-state index in [0.717, 1.165) is 12.1 Å². The average molecular weight is 227 g/mol. The van der Waals surface area contributed by atoms with Crippen LogP contribution in [0.25, 0.3) is 0 Å². The molecule has 1 aromatic rings. The van der Waals surface area contributed by atoms with E-state index in [-0.39, 0.29) is 5.56 Å². The van der Waals surface area contributed by atoms with Crippen molar-refractivity contribution in [2.45, 2.75) is 25.8 Å². The molecule has 1 rings (SSSR count). The van der Waals surface area contributed by atoms with Gasteiger partial charge in [0.2, 0.25) is 0 Å². The molecular formula is C12H12F3N. The third-order valence-corrected chi connectivity index (χ3v) is 2.19. The van der Waals surface area contributed by atoms with Gasteiger partial charge in [0.05, 0.1) is 0 Å². The molecule has 0 radical (unpaired) electrons. The summed E-state index contributed by atoms with van der Waals surface area (Å²) in [4.78, 5) is 0. The lowest BCUT2D eigenvalue weighted by molar-refractivity contribution is 0.443. The Kier molecular flexibility index (Phi) is 4.39. The summed E-state index contributed by atoms with van der Waals surface area (Å²) in [5.74, 6) is 1.59. The Hall–Kier alpha value is -1.47. The highest BCUT2D eigenvalue weighted by Gasteiger charge is 2.14. The third kappa shape index (κ3) is 3.01. The topological polar surface area (TPSA) is 26.0 Å². The average Bonchev–Trinajstić information content (AvgIpc) is 2.25. The number of benzene rings is 1. The molecule has 0 aliphatic carbocycles. The van der Waals surface area contributed by atoms with E-state index in [1.54, 1.807) is 6.92 Å². The maximum atomic E-state index is 12.9. The highest BCUT2D eigenvalue weighted by Crippen LogP contribution is 2.20. The van der Waals surface area contributed by atoms with Crippen molar-refractivity contribution < 1.29 is 13.2 Å². The van der Waals surface area contributed by atoms with Gasteiger partial charge in [-0.15, -0.1) is 11.8 Å². The number of rotatable bonds is 3. The lowest BCUT2D eigenvalue weighted by atomic mass is 10.0. The quantitative estimate of drug-likeness (QED) is 0.623. The van der Waals surface area contributed by atoms with E-state index in [4.69, 9.17) is 5.73 Å². The van der Waals surface area contributed by atoms with Crippen molar-refractivity contribution >= 4 is 0 Å². The van der Waals surface area contributed by atoms with Crippen molar-refractivity contribution in [3.8, 4) is 11.8 Å². The normalized spacial score (nSPS) is 11.8. The van der Waals surface area contributed by atoms with Gasteiger partial charge < -0.3 is 5.73 Å². The zero-order valence-corrected chi connectivity index (χ0v) is 8.86. The molecule has 0 bridgehead atoms. The first-order valence-electron chi connectivity index (χ1n) is 4.86. The summed E-state index contributed by atoms with van der Waals surface area (Å²) in [6.45, 7) is 1.70. The Labute approximate surface area is 92.5 Å². The Morgan fingerprint density at radius 2 is 1.81 bits per heavy atom. The Bertz CT molecular complexity index is 409. The lowest BCUT2D eigenvalue weighted by Crippen LogP contribution is -2.11. The molecule has 4 heteroatoms. The van der Waals surface area contributed by atoms with Crippen LogP contribution in [0.5, 0.6) is 0 Å². The molecule has 16 heavy (non-hydrogen) atoms. The highest BCUT2D eigenvalue weighted by molar-refractivity contribution is 5.22. The van der Waals surface area contributed by atoms with Crippen LogP contribution >= 0.6 is 0 Å². The van der Waals surface area contributed by atoms with E-state index < -0.39 is 23.5 Å². The van der Waals surface area contributed by atoms with Gasteiger partial charge in [-0.2, -0.15) is 0 Å². The summed E-state index contributed by atoms with van der Waals surface area (Å²) in [5, 5.41) is 0. The molecule has 0 aliphatic heterocycles. The van der Waals surface area contributed by atoms with E-state index >= 15 is 0 Å². The highest BCUT2D eigenvalue weighted by atomic mass is 19.2. The second-order valence-corrected chi connectivity index (χ2v) is 3.37. The van der Waals surface area contributed by atoms with E-state index in [1.165, 1.54) is 0 Å². The predicted octanol–water partition coefficient (Wildman–Crippen LogP) is 2.91. The zero-order chi connectivity index (χ0) is 12.1. The Morgan fingerprint density at radius 3 is 2.31 bits per heavy atom. The number of halogens is 3. The first kappa shape index (κ1) is 12.6. The summed E-state index contributed by atoms with van der Waals surface area (Å²) in [6, 6.07) is 1.30. The van der Waals surface area contributed by atoms with Crippen molar-refractivity contribution in [1.29, 1.82) is 0 Å². The smallest absolute Gasteiger partial charge is 0.194 e. The molecule has 0 fully saturated rings. The van der Waals surface area contributed by atoms with Gasteiger partial charge >= 0.3 is 0 Å². The molecule has 0 saturated carbocycles. The van der Waals surface area contributed by atoms with Gasteiger partial charge in [0.25, 0.3) is 0 Å². The first-order chi connectivity index (χ1) is 7.56. The van der Waals surface area contributed by atoms with Gasteiger partial charge in [0.15, 0.2) is 17.5 Å². The summed E-state index contributed by atoms with van der Waals surface area (Å²) < 4.78 is 38.4. The first-order valence-corrected chi connectivity index (χ1v) is 4.86. The second-order valence-electron chi connectivity index (χ2n) is 3.37. The molecule has 0 amide bonds. The van der Waals surface area contributed by atoms with Crippen LogP contribution < -0.4 is 5.73 Å². The standard InChI is InChI=1S/C12H12F3N/c1-2-3-4-5-11(16)8-6-9(13)12(15)10(14)7-8/h6-7,11H,4-5,16H2,1H3. The third-order valence-electron chi connectivity index (χ3n) is 2.19. The lowest BCUT2D eigenvalue weighted by Gasteiger charge is -2.10. The maximum absolute atomic E-state index is 12.9. The minimum atomic E-state index is -1.47. The molecule has 1 unspecified atom stereocenters. The minimum absolute atomic E-state index is 0.245. The van der Waals surface area contributed by atoms with Crippen LogP contribution in [0.15, 0.2) is 12.1 Å². The van der Waals surface area contributed by atoms with Gasteiger partial charge in [0.1, 0.15) is 0 Å². The van der Waals surface area contributed by atoms with E-state index in [1.807, 2.05) is 0 Å². The van der Waals surface area contributed by atoms with E-state index in [9.17, 15) is 13.2 Å². The van der Waals surface area contributed by atoms with Crippen molar-refractivity contribution in [2.75, 3.05) is 0 Å². The monoisotopic (exact) mass is 227 g/mol. The number of hydrogen-bond acceptors (Lipinski definition) is 1. The molecule has 0 heterocycles. The van der Waals surface area contributed by atoms with Crippen molar-refractivity contribution in [1.82, 2.24) is 0 Å². The Morgan fingerprint density at radius 1 is 1.25 bits per heavy atom. The predicted molar refractivity (Wildman–Crippen MR) is 55.9 cm³/mol. The maximum Gasteiger partial charge on any atom is 0.194 e. The van der Waals surface area contributed by atoms with E-state index in [2.05, 4.69) is 11.8 Å². The van der Waals surface area contributed by atoms with Crippen molar-refractivity contribution in [3.63, 3.8) is 0 Å². The SMILES string of the molecule is CC#CCCC(N)c1cc(F)c(F)c(F)c1. The van der Waals surface area contributed by atoms with Crippen LogP contribution in [0.4, 0.5) is 13.2 Å². The van der Waals surface area contributed by atoms with E-state index in [0.29, 0.717) is 12.8 Å². The molecule has 2 N–H and O–H groups in total. The Balaban J connectivity index is 2.82. The number of nitrogens with two attached hydrogens (primary N) is 1. The molecular weight excluding hydrogens is 215 g/mol. The van der Waals surface area contributed by atoms with Gasteiger partial charge in [-0.05, 0) is 31.0 Å². The van der Waals surface area contributed by atoms with Crippen LogP contribution in [-0.2, 0) is 0 Å². The zero-order valence-electron chi connectivity index (χ0n) is 8.86. The molecule has 0 aliphatic rings. The summed E-state index contributed by atoms with van der Waals surface area (Å²) >= 11 is 0. The van der Waals surface area contributed by atoms with Crippen LogP contribution in [0, 0.1) is 29.3 Å². The summed E-state index contributed by atoms with van der Waals surface area (Å²) in [5.41, 5.74) is 5.94. The largest absolute Gasteiger partial charge is 0.324 e. The van der Waals surface area contributed by atoms with Gasteiger partial charge in [0, 0.05) is 12.5 Å². The molecule has 1 nitrogen and oxygen atoms in total.